The van der Waals surface area contributed by atoms with E-state index < -0.39 is 0 Å². The summed E-state index contributed by atoms with van der Waals surface area (Å²) in [5, 5.41) is 8.81. The highest BCUT2D eigenvalue weighted by Gasteiger charge is 2.04. The molecule has 0 saturated heterocycles. The summed E-state index contributed by atoms with van der Waals surface area (Å²) in [6.45, 7) is 1.49. The maximum atomic E-state index is 8.48. The molecule has 0 fully saturated rings. The van der Waals surface area contributed by atoms with Crippen LogP contribution in [0, 0.1) is 0 Å². The fourth-order valence-electron chi connectivity index (χ4n) is 0.589. The smallest absolute Gasteiger partial charge is 0.0593 e. The van der Waals surface area contributed by atoms with Gasteiger partial charge in [-0.2, -0.15) is 11.8 Å². The van der Waals surface area contributed by atoms with Gasteiger partial charge in [-0.25, -0.2) is 0 Å². The van der Waals surface area contributed by atoms with Crippen molar-refractivity contribution in [2.45, 2.75) is 5.25 Å². The molecular formula is C6H15NO2S. The second kappa shape index (κ2) is 7.34. The van der Waals surface area contributed by atoms with Gasteiger partial charge in [-0.1, -0.05) is 0 Å². The van der Waals surface area contributed by atoms with Crippen LogP contribution in [0.5, 0.6) is 0 Å². The van der Waals surface area contributed by atoms with Gasteiger partial charge in [0.05, 0.1) is 13.2 Å². The summed E-state index contributed by atoms with van der Waals surface area (Å²) >= 11 is 1.65. The van der Waals surface area contributed by atoms with Gasteiger partial charge in [0.15, 0.2) is 0 Å². The molecule has 0 radical (unpaired) electrons. The van der Waals surface area contributed by atoms with Crippen LogP contribution in [0.15, 0.2) is 0 Å². The molecule has 0 spiro atoms. The maximum Gasteiger partial charge on any atom is 0.0593 e. The number of rotatable bonds is 6. The summed E-state index contributed by atoms with van der Waals surface area (Å²) in [5.41, 5.74) is 5.42. The van der Waals surface area contributed by atoms with Crippen LogP contribution in [0.25, 0.3) is 0 Å². The average molecular weight is 165 g/mol. The van der Waals surface area contributed by atoms with E-state index >= 15 is 0 Å². The Morgan fingerprint density at radius 2 is 2.40 bits per heavy atom. The molecule has 0 aromatic heterocycles. The molecular weight excluding hydrogens is 150 g/mol. The number of hydrogen-bond acceptors (Lipinski definition) is 4. The van der Waals surface area contributed by atoms with Gasteiger partial charge in [0, 0.05) is 24.7 Å². The zero-order valence-corrected chi connectivity index (χ0v) is 7.06. The molecule has 0 heterocycles. The summed E-state index contributed by atoms with van der Waals surface area (Å²) in [5.74, 6) is 0.741. The topological polar surface area (TPSA) is 55.5 Å². The van der Waals surface area contributed by atoms with Crippen LogP contribution in [-0.4, -0.2) is 43.0 Å². The van der Waals surface area contributed by atoms with E-state index in [1.807, 2.05) is 0 Å². The van der Waals surface area contributed by atoms with Crippen molar-refractivity contribution in [2.75, 3.05) is 32.6 Å². The number of thioether (sulfide) groups is 1. The van der Waals surface area contributed by atoms with Crippen molar-refractivity contribution in [1.29, 1.82) is 0 Å². The van der Waals surface area contributed by atoms with Crippen molar-refractivity contribution in [3.63, 3.8) is 0 Å². The number of nitrogens with two attached hydrogens (primary N) is 1. The Kier molecular flexibility index (Phi) is 7.51. The summed E-state index contributed by atoms with van der Waals surface area (Å²) in [6, 6.07) is 0. The molecule has 0 aliphatic heterocycles. The number of hydrogen-bond donors (Lipinski definition) is 2. The van der Waals surface area contributed by atoms with Gasteiger partial charge >= 0.3 is 0 Å². The fourth-order valence-corrected chi connectivity index (χ4v) is 1.40. The van der Waals surface area contributed by atoms with E-state index in [-0.39, 0.29) is 6.61 Å². The molecule has 0 bridgehead atoms. The van der Waals surface area contributed by atoms with Gasteiger partial charge in [-0.15, -0.1) is 0 Å². The SMILES string of the molecule is COCC(CN)SCCO. The van der Waals surface area contributed by atoms with Crippen LogP contribution in [0.4, 0.5) is 0 Å². The van der Waals surface area contributed by atoms with Gasteiger partial charge in [0.2, 0.25) is 0 Å². The quantitative estimate of drug-likeness (QED) is 0.566. The first kappa shape index (κ1) is 10.2. The van der Waals surface area contributed by atoms with Gasteiger partial charge in [-0.3, -0.25) is 0 Å². The minimum absolute atomic E-state index is 0.213. The second-order valence-electron chi connectivity index (χ2n) is 1.91. The third-order valence-corrected chi connectivity index (χ3v) is 2.28. The highest BCUT2D eigenvalue weighted by molar-refractivity contribution is 7.99. The minimum atomic E-state index is 0.213. The normalized spacial score (nSPS) is 13.5. The third-order valence-electron chi connectivity index (χ3n) is 1.06. The first-order chi connectivity index (χ1) is 4.85. The molecule has 1 unspecified atom stereocenters. The molecule has 0 saturated carbocycles. The highest BCUT2D eigenvalue weighted by atomic mass is 32.2. The van der Waals surface area contributed by atoms with Gasteiger partial charge in [0.25, 0.3) is 0 Å². The van der Waals surface area contributed by atoms with E-state index in [4.69, 9.17) is 15.6 Å². The lowest BCUT2D eigenvalue weighted by Crippen LogP contribution is -2.22. The summed E-state index contributed by atoms with van der Waals surface area (Å²) in [4.78, 5) is 0. The van der Waals surface area contributed by atoms with Crippen LogP contribution >= 0.6 is 11.8 Å². The van der Waals surface area contributed by atoms with Gasteiger partial charge in [-0.05, 0) is 0 Å². The molecule has 0 aromatic carbocycles. The fraction of sp³-hybridized carbons (Fsp3) is 1.00. The van der Waals surface area contributed by atoms with Crippen molar-refractivity contribution >= 4 is 11.8 Å². The number of aliphatic hydroxyl groups excluding tert-OH is 1. The lowest BCUT2D eigenvalue weighted by Gasteiger charge is -2.11. The molecule has 0 rings (SSSR count). The predicted octanol–water partition coefficient (Wildman–Crippen LogP) is -0.314. The maximum absolute atomic E-state index is 8.48. The first-order valence-corrected chi connectivity index (χ1v) is 4.31. The molecule has 1 atom stereocenters. The molecule has 62 valence electrons. The molecule has 0 aliphatic rings. The molecule has 3 nitrogen and oxygen atoms in total. The lowest BCUT2D eigenvalue weighted by molar-refractivity contribution is 0.200. The second-order valence-corrected chi connectivity index (χ2v) is 3.32. The summed E-state index contributed by atoms with van der Waals surface area (Å²) in [6.07, 6.45) is 0. The molecule has 0 aromatic rings. The monoisotopic (exact) mass is 165 g/mol. The Morgan fingerprint density at radius 1 is 1.70 bits per heavy atom. The third kappa shape index (κ3) is 5.05. The number of aliphatic hydroxyl groups is 1. The van der Waals surface area contributed by atoms with Crippen molar-refractivity contribution < 1.29 is 9.84 Å². The van der Waals surface area contributed by atoms with Crippen LogP contribution < -0.4 is 5.73 Å². The number of ether oxygens (including phenoxy) is 1. The predicted molar refractivity (Wildman–Crippen MR) is 44.3 cm³/mol. The first-order valence-electron chi connectivity index (χ1n) is 3.26. The highest BCUT2D eigenvalue weighted by Crippen LogP contribution is 2.08. The van der Waals surface area contributed by atoms with Crippen molar-refractivity contribution in [3.05, 3.63) is 0 Å². The molecule has 0 aliphatic carbocycles. The molecule has 10 heavy (non-hydrogen) atoms. The Hall–Kier alpha value is 0.230. The van der Waals surface area contributed by atoms with E-state index in [0.717, 1.165) is 5.75 Å². The number of methoxy groups -OCH3 is 1. The van der Waals surface area contributed by atoms with E-state index in [2.05, 4.69) is 0 Å². The van der Waals surface area contributed by atoms with Crippen LogP contribution in [0.1, 0.15) is 0 Å². The Labute approximate surface area is 65.9 Å². The summed E-state index contributed by atoms with van der Waals surface area (Å²) in [7, 11) is 1.65. The van der Waals surface area contributed by atoms with E-state index in [1.165, 1.54) is 0 Å². The van der Waals surface area contributed by atoms with Crippen molar-refractivity contribution in [3.8, 4) is 0 Å². The van der Waals surface area contributed by atoms with E-state index in [1.54, 1.807) is 18.9 Å². The molecule has 0 amide bonds. The standard InChI is InChI=1S/C6H15NO2S/c1-9-5-6(4-7)10-3-2-8/h6,8H,2-5,7H2,1H3. The lowest BCUT2D eigenvalue weighted by atomic mass is 10.4. The van der Waals surface area contributed by atoms with Crippen LogP contribution in [-0.2, 0) is 4.74 Å². The molecule has 3 N–H and O–H groups in total. The molecule has 4 heteroatoms. The Bertz CT molecular complexity index is 72.8. The zero-order chi connectivity index (χ0) is 7.82. The summed E-state index contributed by atoms with van der Waals surface area (Å²) < 4.78 is 4.91. The van der Waals surface area contributed by atoms with Crippen molar-refractivity contribution in [1.82, 2.24) is 0 Å². The van der Waals surface area contributed by atoms with Crippen molar-refractivity contribution in [2.24, 2.45) is 5.73 Å². The van der Waals surface area contributed by atoms with Crippen LogP contribution in [0.2, 0.25) is 0 Å². The Balaban J connectivity index is 3.21. The van der Waals surface area contributed by atoms with E-state index in [9.17, 15) is 0 Å². The minimum Gasteiger partial charge on any atom is -0.396 e. The van der Waals surface area contributed by atoms with Gasteiger partial charge < -0.3 is 15.6 Å². The zero-order valence-electron chi connectivity index (χ0n) is 6.25. The van der Waals surface area contributed by atoms with Gasteiger partial charge in [0.1, 0.15) is 0 Å². The largest absolute Gasteiger partial charge is 0.396 e. The van der Waals surface area contributed by atoms with E-state index in [0.29, 0.717) is 18.4 Å². The Morgan fingerprint density at radius 3 is 2.80 bits per heavy atom. The average Bonchev–Trinajstić information content (AvgIpc) is 1.98. The van der Waals surface area contributed by atoms with Crippen LogP contribution in [0.3, 0.4) is 0 Å².